The number of benzene rings is 2. The molecule has 0 aromatic heterocycles. The van der Waals surface area contributed by atoms with E-state index in [1.807, 2.05) is 13.0 Å². The summed E-state index contributed by atoms with van der Waals surface area (Å²) in [5.74, 6) is -0.516. The third-order valence-electron chi connectivity index (χ3n) is 4.79. The SMILES string of the molecule is Cc1ccc(S(=O)(=O)N2CCN(C(=O)C=Cc3ccc(F)cc3)CC2)c(C)c1. The van der Waals surface area contributed by atoms with Gasteiger partial charge < -0.3 is 4.90 Å². The standard InChI is InChI=1S/C21H23FN2O3S/c1-16-3-9-20(17(2)15-16)28(26,27)24-13-11-23(12-14-24)21(25)10-6-18-4-7-19(22)8-5-18/h3-10,15H,11-14H2,1-2H3. The number of halogens is 1. The van der Waals surface area contributed by atoms with Crippen LogP contribution in [0.2, 0.25) is 0 Å². The number of piperazine rings is 1. The van der Waals surface area contributed by atoms with Crippen LogP contribution >= 0.6 is 0 Å². The zero-order chi connectivity index (χ0) is 20.3. The summed E-state index contributed by atoms with van der Waals surface area (Å²) in [6, 6.07) is 11.1. The fraction of sp³-hybridized carbons (Fsp3) is 0.286. The van der Waals surface area contributed by atoms with Gasteiger partial charge in [0.25, 0.3) is 0 Å². The Morgan fingerprint density at radius 1 is 1.00 bits per heavy atom. The fourth-order valence-corrected chi connectivity index (χ4v) is 4.85. The molecule has 28 heavy (non-hydrogen) atoms. The minimum atomic E-state index is -3.58. The summed E-state index contributed by atoms with van der Waals surface area (Å²) < 4.78 is 40.2. The highest BCUT2D eigenvalue weighted by atomic mass is 32.2. The number of nitrogens with zero attached hydrogens (tertiary/aromatic N) is 2. The zero-order valence-electron chi connectivity index (χ0n) is 15.9. The van der Waals surface area contributed by atoms with Gasteiger partial charge in [0.2, 0.25) is 15.9 Å². The van der Waals surface area contributed by atoms with Gasteiger partial charge in [-0.25, -0.2) is 12.8 Å². The lowest BCUT2D eigenvalue weighted by Gasteiger charge is -2.33. The van der Waals surface area contributed by atoms with Gasteiger partial charge in [0, 0.05) is 32.3 Å². The van der Waals surface area contributed by atoms with Gasteiger partial charge >= 0.3 is 0 Å². The molecule has 1 heterocycles. The first-order valence-electron chi connectivity index (χ1n) is 9.07. The number of carbonyl (C=O) groups is 1. The van der Waals surface area contributed by atoms with E-state index in [1.165, 1.54) is 22.5 Å². The second-order valence-electron chi connectivity index (χ2n) is 6.88. The summed E-state index contributed by atoms with van der Waals surface area (Å²) in [7, 11) is -3.58. The number of hydrogen-bond acceptors (Lipinski definition) is 3. The quantitative estimate of drug-likeness (QED) is 0.739. The minimum Gasteiger partial charge on any atom is -0.337 e. The van der Waals surface area contributed by atoms with Crippen molar-refractivity contribution in [2.75, 3.05) is 26.2 Å². The van der Waals surface area contributed by atoms with Crippen molar-refractivity contribution in [1.29, 1.82) is 0 Å². The summed E-state index contributed by atoms with van der Waals surface area (Å²) in [5.41, 5.74) is 2.46. The van der Waals surface area contributed by atoms with E-state index in [-0.39, 0.29) is 24.8 Å². The molecule has 0 bridgehead atoms. The first-order valence-corrected chi connectivity index (χ1v) is 10.5. The van der Waals surface area contributed by atoms with Crippen LogP contribution in [-0.4, -0.2) is 49.7 Å². The van der Waals surface area contributed by atoms with Crippen LogP contribution in [0.3, 0.4) is 0 Å². The maximum Gasteiger partial charge on any atom is 0.246 e. The Morgan fingerprint density at radius 3 is 2.25 bits per heavy atom. The normalized spacial score (nSPS) is 15.9. The van der Waals surface area contributed by atoms with Gasteiger partial charge in [-0.05, 0) is 49.2 Å². The highest BCUT2D eigenvalue weighted by Gasteiger charge is 2.30. The first kappa shape index (κ1) is 20.2. The van der Waals surface area contributed by atoms with E-state index in [0.717, 1.165) is 16.7 Å². The van der Waals surface area contributed by atoms with E-state index in [1.54, 1.807) is 42.2 Å². The van der Waals surface area contributed by atoms with Crippen molar-refractivity contribution < 1.29 is 17.6 Å². The largest absolute Gasteiger partial charge is 0.337 e. The van der Waals surface area contributed by atoms with Crippen molar-refractivity contribution in [2.45, 2.75) is 18.7 Å². The third-order valence-corrected chi connectivity index (χ3v) is 6.85. The summed E-state index contributed by atoms with van der Waals surface area (Å²) >= 11 is 0. The van der Waals surface area contributed by atoms with Crippen molar-refractivity contribution in [3.8, 4) is 0 Å². The maximum absolute atomic E-state index is 12.9. The van der Waals surface area contributed by atoms with Gasteiger partial charge in [-0.2, -0.15) is 4.31 Å². The van der Waals surface area contributed by atoms with Crippen molar-refractivity contribution >= 4 is 22.0 Å². The molecule has 1 amide bonds. The Balaban J connectivity index is 1.63. The average Bonchev–Trinajstić information content (AvgIpc) is 2.67. The van der Waals surface area contributed by atoms with E-state index >= 15 is 0 Å². The van der Waals surface area contributed by atoms with E-state index in [4.69, 9.17) is 0 Å². The average molecular weight is 402 g/mol. The smallest absolute Gasteiger partial charge is 0.246 e. The molecule has 148 valence electrons. The molecule has 7 heteroatoms. The molecule has 0 unspecified atom stereocenters. The van der Waals surface area contributed by atoms with Crippen LogP contribution in [0.5, 0.6) is 0 Å². The summed E-state index contributed by atoms with van der Waals surface area (Å²) in [5, 5.41) is 0. The minimum absolute atomic E-state index is 0.187. The second-order valence-corrected chi connectivity index (χ2v) is 8.79. The molecule has 1 saturated heterocycles. The Hall–Kier alpha value is -2.51. The molecule has 0 spiro atoms. The van der Waals surface area contributed by atoms with E-state index in [0.29, 0.717) is 18.0 Å². The van der Waals surface area contributed by atoms with Gasteiger partial charge in [0.05, 0.1) is 4.90 Å². The lowest BCUT2D eigenvalue weighted by molar-refractivity contribution is -0.127. The highest BCUT2D eigenvalue weighted by Crippen LogP contribution is 2.22. The van der Waals surface area contributed by atoms with Crippen LogP contribution in [-0.2, 0) is 14.8 Å². The van der Waals surface area contributed by atoms with Gasteiger partial charge in [-0.3, -0.25) is 4.79 Å². The van der Waals surface area contributed by atoms with Crippen LogP contribution in [0.4, 0.5) is 4.39 Å². The van der Waals surface area contributed by atoms with E-state index in [9.17, 15) is 17.6 Å². The van der Waals surface area contributed by atoms with E-state index in [2.05, 4.69) is 0 Å². The topological polar surface area (TPSA) is 57.7 Å². The predicted molar refractivity (Wildman–Crippen MR) is 107 cm³/mol. The molecule has 1 aliphatic heterocycles. The molecule has 3 rings (SSSR count). The van der Waals surface area contributed by atoms with Crippen LogP contribution in [0.25, 0.3) is 6.08 Å². The van der Waals surface area contributed by atoms with Crippen LogP contribution in [0.1, 0.15) is 16.7 Å². The number of rotatable bonds is 4. The highest BCUT2D eigenvalue weighted by molar-refractivity contribution is 7.89. The molecule has 0 saturated carbocycles. The number of sulfonamides is 1. The Bertz CT molecular complexity index is 993. The molecule has 0 N–H and O–H groups in total. The third kappa shape index (κ3) is 4.48. The Morgan fingerprint density at radius 2 is 1.64 bits per heavy atom. The molecule has 2 aromatic rings. The lowest BCUT2D eigenvalue weighted by atomic mass is 10.2. The summed E-state index contributed by atoms with van der Waals surface area (Å²) in [4.78, 5) is 14.3. The molecular weight excluding hydrogens is 379 g/mol. The van der Waals surface area contributed by atoms with E-state index < -0.39 is 10.0 Å². The predicted octanol–water partition coefficient (Wildman–Crippen LogP) is 2.99. The number of carbonyl (C=O) groups excluding carboxylic acids is 1. The van der Waals surface area contributed by atoms with Crippen molar-refractivity contribution in [2.24, 2.45) is 0 Å². The molecule has 2 aromatic carbocycles. The molecule has 0 radical (unpaired) electrons. The molecular formula is C21H23FN2O3S. The van der Waals surface area contributed by atoms with Crippen LogP contribution in [0.15, 0.2) is 53.4 Å². The van der Waals surface area contributed by atoms with Crippen molar-refractivity contribution in [3.05, 3.63) is 71.0 Å². The van der Waals surface area contributed by atoms with Gasteiger partial charge in [-0.15, -0.1) is 0 Å². The van der Waals surface area contributed by atoms with Gasteiger partial charge in [0.15, 0.2) is 0 Å². The molecule has 0 aliphatic carbocycles. The van der Waals surface area contributed by atoms with Gasteiger partial charge in [0.1, 0.15) is 5.82 Å². The Labute approximate surface area is 165 Å². The Kier molecular flexibility index (Phi) is 5.96. The van der Waals surface area contributed by atoms with Crippen molar-refractivity contribution in [3.63, 3.8) is 0 Å². The maximum atomic E-state index is 12.9. The van der Waals surface area contributed by atoms with Crippen LogP contribution < -0.4 is 0 Å². The fourth-order valence-electron chi connectivity index (χ4n) is 3.22. The zero-order valence-corrected chi connectivity index (χ0v) is 16.7. The summed E-state index contributed by atoms with van der Waals surface area (Å²) in [6.45, 7) is 4.89. The molecule has 1 aliphatic rings. The van der Waals surface area contributed by atoms with Crippen LogP contribution in [0, 0.1) is 19.7 Å². The monoisotopic (exact) mass is 402 g/mol. The number of aryl methyl sites for hydroxylation is 2. The number of hydrogen-bond donors (Lipinski definition) is 0. The van der Waals surface area contributed by atoms with Gasteiger partial charge in [-0.1, -0.05) is 29.8 Å². The molecule has 1 fully saturated rings. The molecule has 5 nitrogen and oxygen atoms in total. The second kappa shape index (κ2) is 8.24. The first-order chi connectivity index (χ1) is 13.3. The van der Waals surface area contributed by atoms with Crippen molar-refractivity contribution in [1.82, 2.24) is 9.21 Å². The lowest BCUT2D eigenvalue weighted by Crippen LogP contribution is -2.50. The molecule has 0 atom stereocenters. The number of amides is 1. The summed E-state index contributed by atoms with van der Waals surface area (Å²) in [6.07, 6.45) is 3.06.